The molecule has 0 unspecified atom stereocenters. The first-order valence-corrected chi connectivity index (χ1v) is 23.8. The van der Waals surface area contributed by atoms with E-state index in [9.17, 15) is 0 Å². The Kier molecular flexibility index (Phi) is 8.84. The van der Waals surface area contributed by atoms with Crippen molar-refractivity contribution in [3.05, 3.63) is 283 Å². The minimum Gasteiger partial charge on any atom is -0.455 e. The second-order valence-electron chi connectivity index (χ2n) is 18.3. The lowest BCUT2D eigenvalue weighted by atomic mass is 9.66. The van der Waals surface area contributed by atoms with Gasteiger partial charge in [-0.25, -0.2) is 0 Å². The molecule has 12 aromatic carbocycles. The van der Waals surface area contributed by atoms with Gasteiger partial charge in [0.05, 0.1) is 16.5 Å². The van der Waals surface area contributed by atoms with Gasteiger partial charge >= 0.3 is 0 Å². The predicted molar refractivity (Wildman–Crippen MR) is 289 cm³/mol. The summed E-state index contributed by atoms with van der Waals surface area (Å²) in [4.78, 5) is 2.41. The van der Waals surface area contributed by atoms with Crippen LogP contribution in [0.5, 0.6) is 0 Å². The maximum atomic E-state index is 7.05. The number of rotatable bonds is 7. The molecule has 0 saturated carbocycles. The highest BCUT2D eigenvalue weighted by Crippen LogP contribution is 2.59. The van der Waals surface area contributed by atoms with Crippen molar-refractivity contribution in [1.82, 2.24) is 0 Å². The molecule has 0 amide bonds. The minimum absolute atomic E-state index is 0.606. The lowest BCUT2D eigenvalue weighted by molar-refractivity contribution is 0.672. The van der Waals surface area contributed by atoms with Crippen molar-refractivity contribution in [2.75, 3.05) is 4.90 Å². The Morgan fingerprint density at radius 1 is 0.333 bits per heavy atom. The molecule has 13 aromatic rings. The Labute approximate surface area is 400 Å². The van der Waals surface area contributed by atoms with Gasteiger partial charge in [-0.05, 0) is 131 Å². The molecule has 322 valence electrons. The third-order valence-corrected chi connectivity index (χ3v) is 14.7. The first kappa shape index (κ1) is 39.2. The molecule has 0 N–H and O–H groups in total. The zero-order valence-corrected chi connectivity index (χ0v) is 37.7. The van der Waals surface area contributed by atoms with Crippen molar-refractivity contribution >= 4 is 71.3 Å². The van der Waals surface area contributed by atoms with E-state index in [4.69, 9.17) is 4.42 Å². The standard InChI is InChI=1S/C67H43NO/c1-4-20-46(21-5-1)54-30-16-31-57-56-39-36-49(42-61(56)67(65(54)57,50-24-6-2-7-25-50)51-26-8-3-9-27-51)59-43-60-64-62(32-17-33-63(64)69-66(60)58-29-15-14-28-55(58)59)68(52-37-34-44-18-10-12-22-47(44)40-52)53-38-35-45-19-11-13-23-48(45)41-53/h1-43H. The van der Waals surface area contributed by atoms with Gasteiger partial charge in [0, 0.05) is 22.1 Å². The van der Waals surface area contributed by atoms with E-state index < -0.39 is 5.41 Å². The lowest BCUT2D eigenvalue weighted by Crippen LogP contribution is -2.29. The van der Waals surface area contributed by atoms with Crippen LogP contribution in [0.3, 0.4) is 0 Å². The largest absolute Gasteiger partial charge is 0.455 e. The maximum absolute atomic E-state index is 7.05. The van der Waals surface area contributed by atoms with Gasteiger partial charge in [-0.1, -0.05) is 212 Å². The first-order valence-electron chi connectivity index (χ1n) is 23.8. The average molecular weight is 878 g/mol. The number of hydrogen-bond acceptors (Lipinski definition) is 2. The fourth-order valence-electron chi connectivity index (χ4n) is 11.7. The highest BCUT2D eigenvalue weighted by molar-refractivity contribution is 6.23. The van der Waals surface area contributed by atoms with Crippen LogP contribution in [0.4, 0.5) is 17.1 Å². The average Bonchev–Trinajstić information content (AvgIpc) is 3.96. The summed E-state index contributed by atoms with van der Waals surface area (Å²) in [5.41, 5.74) is 16.7. The molecule has 0 aliphatic heterocycles. The molecular weight excluding hydrogens is 835 g/mol. The Morgan fingerprint density at radius 3 is 1.57 bits per heavy atom. The summed E-state index contributed by atoms with van der Waals surface area (Å²) in [6.07, 6.45) is 0. The monoisotopic (exact) mass is 877 g/mol. The van der Waals surface area contributed by atoms with E-state index >= 15 is 0 Å². The molecule has 0 saturated heterocycles. The fraction of sp³-hybridized carbons (Fsp3) is 0.0149. The summed E-state index contributed by atoms with van der Waals surface area (Å²) >= 11 is 0. The van der Waals surface area contributed by atoms with Gasteiger partial charge in [-0.15, -0.1) is 0 Å². The van der Waals surface area contributed by atoms with Crippen LogP contribution in [0.15, 0.2) is 265 Å². The van der Waals surface area contributed by atoms with E-state index in [1.165, 1.54) is 66.1 Å². The van der Waals surface area contributed by atoms with Gasteiger partial charge < -0.3 is 9.32 Å². The Balaban J connectivity index is 1.05. The molecular formula is C67H43NO. The van der Waals surface area contributed by atoms with Crippen molar-refractivity contribution in [1.29, 1.82) is 0 Å². The minimum atomic E-state index is -0.606. The molecule has 14 rings (SSSR count). The van der Waals surface area contributed by atoms with E-state index in [1.807, 2.05) is 0 Å². The molecule has 2 heteroatoms. The third kappa shape index (κ3) is 5.99. The number of nitrogens with zero attached hydrogens (tertiary/aromatic N) is 1. The highest BCUT2D eigenvalue weighted by atomic mass is 16.3. The molecule has 0 radical (unpaired) electrons. The van der Waals surface area contributed by atoms with Gasteiger partial charge in [-0.2, -0.15) is 0 Å². The van der Waals surface area contributed by atoms with Gasteiger partial charge in [0.2, 0.25) is 0 Å². The van der Waals surface area contributed by atoms with E-state index in [0.29, 0.717) is 0 Å². The molecule has 1 aromatic heterocycles. The summed E-state index contributed by atoms with van der Waals surface area (Å²) in [6.45, 7) is 0. The Bertz CT molecular complexity index is 4010. The summed E-state index contributed by atoms with van der Waals surface area (Å²) in [5.74, 6) is 0. The summed E-state index contributed by atoms with van der Waals surface area (Å²) in [6, 6.07) is 95.7. The van der Waals surface area contributed by atoms with Crippen LogP contribution in [-0.2, 0) is 5.41 Å². The van der Waals surface area contributed by atoms with Crippen molar-refractivity contribution in [3.8, 4) is 33.4 Å². The molecule has 0 spiro atoms. The van der Waals surface area contributed by atoms with Gasteiger partial charge in [0.15, 0.2) is 0 Å². The molecule has 2 nitrogen and oxygen atoms in total. The third-order valence-electron chi connectivity index (χ3n) is 14.7. The van der Waals surface area contributed by atoms with Gasteiger partial charge in [-0.3, -0.25) is 0 Å². The predicted octanol–water partition coefficient (Wildman–Crippen LogP) is 18.2. The molecule has 1 heterocycles. The molecule has 0 bridgehead atoms. The topological polar surface area (TPSA) is 16.4 Å². The number of furan rings is 1. The van der Waals surface area contributed by atoms with E-state index in [1.54, 1.807) is 0 Å². The SMILES string of the molecule is c1ccc(-c2cccc3c2C(c2ccccc2)(c2ccccc2)c2cc(-c4cc5c(oc6cccc(N(c7ccc8ccccc8c7)c7ccc8ccccc8c7)c65)c5ccccc45)ccc2-3)cc1. The Morgan fingerprint density at radius 2 is 0.899 bits per heavy atom. The number of hydrogen-bond donors (Lipinski definition) is 0. The van der Waals surface area contributed by atoms with Crippen LogP contribution < -0.4 is 4.90 Å². The van der Waals surface area contributed by atoms with Gasteiger partial charge in [0.25, 0.3) is 0 Å². The zero-order valence-electron chi connectivity index (χ0n) is 37.7. The fourth-order valence-corrected chi connectivity index (χ4v) is 11.7. The zero-order chi connectivity index (χ0) is 45.5. The molecule has 1 aliphatic carbocycles. The van der Waals surface area contributed by atoms with Gasteiger partial charge in [0.1, 0.15) is 11.2 Å². The van der Waals surface area contributed by atoms with Crippen LogP contribution in [0, 0.1) is 0 Å². The first-order chi connectivity index (χ1) is 34.2. The lowest BCUT2D eigenvalue weighted by Gasteiger charge is -2.35. The van der Waals surface area contributed by atoms with Crippen molar-refractivity contribution in [3.63, 3.8) is 0 Å². The highest BCUT2D eigenvalue weighted by Gasteiger charge is 2.47. The van der Waals surface area contributed by atoms with E-state index in [0.717, 1.165) is 60.9 Å². The van der Waals surface area contributed by atoms with Crippen LogP contribution >= 0.6 is 0 Å². The number of fused-ring (bicyclic) bond motifs is 10. The van der Waals surface area contributed by atoms with Crippen LogP contribution in [0.25, 0.3) is 87.6 Å². The van der Waals surface area contributed by atoms with Crippen LogP contribution in [-0.4, -0.2) is 0 Å². The summed E-state index contributed by atoms with van der Waals surface area (Å²) in [7, 11) is 0. The van der Waals surface area contributed by atoms with E-state index in [2.05, 4.69) is 266 Å². The normalized spacial score (nSPS) is 12.8. The summed E-state index contributed by atoms with van der Waals surface area (Å²) in [5, 5.41) is 9.18. The van der Waals surface area contributed by atoms with Crippen molar-refractivity contribution in [2.24, 2.45) is 0 Å². The molecule has 69 heavy (non-hydrogen) atoms. The number of benzene rings is 12. The van der Waals surface area contributed by atoms with Crippen molar-refractivity contribution in [2.45, 2.75) is 5.41 Å². The smallest absolute Gasteiger partial charge is 0.143 e. The second-order valence-corrected chi connectivity index (χ2v) is 18.3. The number of anilines is 3. The van der Waals surface area contributed by atoms with Crippen molar-refractivity contribution < 1.29 is 4.42 Å². The Hall–Kier alpha value is -8.98. The summed E-state index contributed by atoms with van der Waals surface area (Å²) < 4.78 is 7.05. The van der Waals surface area contributed by atoms with Crippen LogP contribution in [0.2, 0.25) is 0 Å². The second kappa shape index (κ2) is 15.6. The quantitative estimate of drug-likeness (QED) is 0.159. The molecule has 0 atom stereocenters. The molecule has 0 fully saturated rings. The van der Waals surface area contributed by atoms with Crippen LogP contribution in [0.1, 0.15) is 22.3 Å². The maximum Gasteiger partial charge on any atom is 0.143 e. The molecule has 1 aliphatic rings. The van der Waals surface area contributed by atoms with E-state index in [-0.39, 0.29) is 0 Å².